The van der Waals surface area contributed by atoms with E-state index in [9.17, 15) is 21.6 Å². The number of carbonyl (C=O) groups is 1. The molecule has 0 bridgehead atoms. The number of benzene rings is 1. The van der Waals surface area contributed by atoms with Crippen LogP contribution in [0.25, 0.3) is 0 Å². The van der Waals surface area contributed by atoms with Gasteiger partial charge in [-0.05, 0) is 25.1 Å². The molecule has 0 fully saturated rings. The molecule has 1 atom stereocenters. The molecule has 11 heteroatoms. The van der Waals surface area contributed by atoms with Crippen LogP contribution in [0.15, 0.2) is 23.1 Å². The molecule has 0 aromatic heterocycles. The van der Waals surface area contributed by atoms with Crippen molar-refractivity contribution < 1.29 is 35.5 Å². The van der Waals surface area contributed by atoms with Crippen LogP contribution in [-0.4, -0.2) is 37.9 Å². The van der Waals surface area contributed by atoms with Crippen molar-refractivity contribution in [2.24, 2.45) is 0 Å². The topological polar surface area (TPSA) is 161 Å². The Morgan fingerprint density at radius 3 is 2.25 bits per heavy atom. The van der Waals surface area contributed by atoms with Gasteiger partial charge in [0.2, 0.25) is 9.84 Å². The van der Waals surface area contributed by atoms with Crippen molar-refractivity contribution in [3.8, 4) is 0 Å². The van der Waals surface area contributed by atoms with Crippen molar-refractivity contribution in [3.63, 3.8) is 0 Å². The zero-order chi connectivity index (χ0) is 15.7. The zero-order valence-corrected chi connectivity index (χ0v) is 11.7. The lowest BCUT2D eigenvalue weighted by Gasteiger charge is -2.12. The van der Waals surface area contributed by atoms with Gasteiger partial charge in [-0.25, -0.2) is 17.4 Å². The monoisotopic (exact) mass is 325 g/mol. The van der Waals surface area contributed by atoms with Crippen LogP contribution in [0.5, 0.6) is 0 Å². The number of carboxylic acids is 1. The fourth-order valence-corrected chi connectivity index (χ4v) is 3.31. The first-order valence-corrected chi connectivity index (χ1v) is 7.88. The number of hydrogen-bond donors (Lipinski definition) is 3. The fourth-order valence-electron chi connectivity index (χ4n) is 1.33. The molecule has 0 aliphatic heterocycles. The summed E-state index contributed by atoms with van der Waals surface area (Å²) in [6.45, 7) is 0.893. The number of nitrogen functional groups attached to an aromatic ring is 1. The number of hydrogen-bond acceptors (Lipinski definition) is 7. The number of nitrogens with two attached hydrogens (primary N) is 1. The second-order valence-electron chi connectivity index (χ2n) is 3.69. The maximum atomic E-state index is 11.9. The second kappa shape index (κ2) is 5.36. The van der Waals surface area contributed by atoms with E-state index in [1.807, 2.05) is 0 Å². The normalized spacial score (nSPS) is 13.9. The summed E-state index contributed by atoms with van der Waals surface area (Å²) in [6.07, 6.45) is 0. The largest absolute Gasteiger partial charge is 0.478 e. The average Bonchev–Trinajstić information content (AvgIpc) is 2.25. The Labute approximate surface area is 114 Å². The van der Waals surface area contributed by atoms with Crippen LogP contribution >= 0.6 is 0 Å². The van der Waals surface area contributed by atoms with Crippen molar-refractivity contribution in [1.29, 1.82) is 0 Å². The minimum Gasteiger partial charge on any atom is -0.478 e. The van der Waals surface area contributed by atoms with E-state index in [1.54, 1.807) is 0 Å². The van der Waals surface area contributed by atoms with Crippen molar-refractivity contribution >= 4 is 31.9 Å². The molecule has 9 nitrogen and oxygen atoms in total. The van der Waals surface area contributed by atoms with Gasteiger partial charge in [-0.2, -0.15) is 8.42 Å². The van der Waals surface area contributed by atoms with E-state index in [0.717, 1.165) is 25.1 Å². The van der Waals surface area contributed by atoms with E-state index in [2.05, 4.69) is 4.18 Å². The van der Waals surface area contributed by atoms with E-state index in [1.165, 1.54) is 0 Å². The van der Waals surface area contributed by atoms with Gasteiger partial charge in [0, 0.05) is 5.69 Å². The molecule has 0 saturated heterocycles. The molecule has 1 rings (SSSR count). The van der Waals surface area contributed by atoms with Gasteiger partial charge >= 0.3 is 16.4 Å². The number of sulfone groups is 1. The lowest BCUT2D eigenvalue weighted by molar-refractivity contribution is 0.0698. The molecule has 112 valence electrons. The number of carboxylic acid groups (broad SMARTS) is 1. The SMILES string of the molecule is CC(OS(=O)(=O)O)S(=O)(=O)c1ccc(C(=O)O)c(N)c1. The van der Waals surface area contributed by atoms with Crippen LogP contribution in [0.3, 0.4) is 0 Å². The van der Waals surface area contributed by atoms with E-state index in [4.69, 9.17) is 15.4 Å². The van der Waals surface area contributed by atoms with Gasteiger partial charge in [-0.1, -0.05) is 0 Å². The van der Waals surface area contributed by atoms with Gasteiger partial charge in [-0.15, -0.1) is 0 Å². The summed E-state index contributed by atoms with van der Waals surface area (Å²) >= 11 is 0. The summed E-state index contributed by atoms with van der Waals surface area (Å²) in [7, 11) is -9.22. The van der Waals surface area contributed by atoms with Gasteiger partial charge in [0.05, 0.1) is 10.5 Å². The van der Waals surface area contributed by atoms with E-state index in [0.29, 0.717) is 0 Å². The molecule has 1 aromatic rings. The molecular formula is C9H11NO8S2. The highest BCUT2D eigenvalue weighted by Crippen LogP contribution is 2.22. The van der Waals surface area contributed by atoms with E-state index in [-0.39, 0.29) is 11.3 Å². The molecule has 0 aliphatic rings. The van der Waals surface area contributed by atoms with Gasteiger partial charge in [-0.3, -0.25) is 4.55 Å². The number of aromatic carboxylic acids is 1. The molecule has 0 spiro atoms. The smallest absolute Gasteiger partial charge is 0.398 e. The van der Waals surface area contributed by atoms with Crippen LogP contribution in [0.4, 0.5) is 5.69 Å². The second-order valence-corrected chi connectivity index (χ2v) is 6.96. The highest BCUT2D eigenvalue weighted by molar-refractivity contribution is 7.92. The first-order chi connectivity index (χ1) is 8.95. The summed E-state index contributed by atoms with van der Waals surface area (Å²) < 4.78 is 57.3. The third-order valence-corrected chi connectivity index (χ3v) is 4.81. The molecule has 0 amide bonds. The Morgan fingerprint density at radius 1 is 1.30 bits per heavy atom. The lowest BCUT2D eigenvalue weighted by atomic mass is 10.2. The van der Waals surface area contributed by atoms with Crippen LogP contribution in [-0.2, 0) is 24.4 Å². The molecule has 20 heavy (non-hydrogen) atoms. The Kier molecular flexibility index (Phi) is 4.39. The predicted octanol–water partition coefficient (Wildman–Crippen LogP) is -0.0939. The van der Waals surface area contributed by atoms with Crippen LogP contribution in [0.2, 0.25) is 0 Å². The fraction of sp³-hybridized carbons (Fsp3) is 0.222. The van der Waals surface area contributed by atoms with Crippen molar-refractivity contribution in [2.75, 3.05) is 5.73 Å². The minimum absolute atomic E-state index is 0.299. The Bertz CT molecular complexity index is 737. The zero-order valence-electron chi connectivity index (χ0n) is 10.0. The molecule has 0 radical (unpaired) electrons. The molecular weight excluding hydrogens is 314 g/mol. The standard InChI is InChI=1S/C9H11NO8S2/c1-5(18-20(15,16)17)19(13,14)6-2-3-7(9(11)12)8(10)4-6/h2-5H,10H2,1H3,(H,11,12)(H,15,16,17). The van der Waals surface area contributed by atoms with E-state index < -0.39 is 36.5 Å². The van der Waals surface area contributed by atoms with Crippen molar-refractivity contribution in [1.82, 2.24) is 0 Å². The molecule has 0 heterocycles. The number of rotatable bonds is 5. The van der Waals surface area contributed by atoms with Crippen LogP contribution < -0.4 is 5.73 Å². The summed E-state index contributed by atoms with van der Waals surface area (Å²) in [5.74, 6) is -1.34. The average molecular weight is 325 g/mol. The molecule has 1 aromatic carbocycles. The van der Waals surface area contributed by atoms with Crippen molar-refractivity contribution in [3.05, 3.63) is 23.8 Å². The van der Waals surface area contributed by atoms with Gasteiger partial charge in [0.1, 0.15) is 0 Å². The number of anilines is 1. The van der Waals surface area contributed by atoms with Crippen LogP contribution in [0, 0.1) is 0 Å². The quantitative estimate of drug-likeness (QED) is 0.496. The summed E-state index contributed by atoms with van der Waals surface area (Å²) in [5.41, 5.74) is 2.89. The molecule has 0 aliphatic carbocycles. The molecule has 1 unspecified atom stereocenters. The van der Waals surface area contributed by atoms with Gasteiger partial charge in [0.25, 0.3) is 0 Å². The van der Waals surface area contributed by atoms with Crippen LogP contribution in [0.1, 0.15) is 17.3 Å². The van der Waals surface area contributed by atoms with Crippen molar-refractivity contribution in [2.45, 2.75) is 17.3 Å². The first-order valence-electron chi connectivity index (χ1n) is 4.97. The summed E-state index contributed by atoms with van der Waals surface area (Å²) in [6, 6.07) is 2.77. The van der Waals surface area contributed by atoms with Gasteiger partial charge < -0.3 is 10.8 Å². The minimum atomic E-state index is -4.95. The maximum absolute atomic E-state index is 11.9. The third-order valence-electron chi connectivity index (χ3n) is 2.28. The summed E-state index contributed by atoms with van der Waals surface area (Å²) in [5, 5.41) is 8.75. The van der Waals surface area contributed by atoms with Gasteiger partial charge in [0.15, 0.2) is 5.44 Å². The molecule has 4 N–H and O–H groups in total. The van der Waals surface area contributed by atoms with E-state index >= 15 is 0 Å². The first kappa shape index (κ1) is 16.4. The Balaban J connectivity index is 3.23. The lowest BCUT2D eigenvalue weighted by Crippen LogP contribution is -2.24. The Morgan fingerprint density at radius 2 is 1.85 bits per heavy atom. The highest BCUT2D eigenvalue weighted by atomic mass is 32.3. The summed E-state index contributed by atoms with van der Waals surface area (Å²) in [4.78, 5) is 10.3. The highest BCUT2D eigenvalue weighted by Gasteiger charge is 2.29. The molecule has 0 saturated carbocycles. The maximum Gasteiger partial charge on any atom is 0.398 e. The predicted molar refractivity (Wildman–Crippen MR) is 67.1 cm³/mol. The Hall–Kier alpha value is -1.69. The third kappa shape index (κ3) is 3.66.